The summed E-state index contributed by atoms with van der Waals surface area (Å²) in [6.45, 7) is 9.30. The fourth-order valence-electron chi connectivity index (χ4n) is 2.72. The second-order valence-corrected chi connectivity index (χ2v) is 9.63. The summed E-state index contributed by atoms with van der Waals surface area (Å²) in [5.41, 5.74) is 1.45. The van der Waals surface area contributed by atoms with Crippen LogP contribution in [-0.4, -0.2) is 8.07 Å². The normalized spacial score (nSPS) is 12.9. The van der Waals surface area contributed by atoms with E-state index in [1.807, 2.05) is 0 Å². The molecule has 0 saturated heterocycles. The zero-order chi connectivity index (χ0) is 12.0. The highest BCUT2D eigenvalue weighted by molar-refractivity contribution is 6.96. The fraction of sp³-hybridized carbons (Fsp3) is 0.467. The highest BCUT2D eigenvalue weighted by atomic mass is 28.3. The molecule has 0 bridgehead atoms. The summed E-state index contributed by atoms with van der Waals surface area (Å²) >= 11 is 0. The van der Waals surface area contributed by atoms with Crippen molar-refractivity contribution in [2.75, 3.05) is 0 Å². The molecule has 0 nitrogen and oxygen atoms in total. The van der Waals surface area contributed by atoms with Crippen molar-refractivity contribution in [2.45, 2.75) is 45.8 Å². The third-order valence-corrected chi connectivity index (χ3v) is 9.76. The Labute approximate surface area is 101 Å². The van der Waals surface area contributed by atoms with E-state index in [4.69, 9.17) is 0 Å². The van der Waals surface area contributed by atoms with Crippen LogP contribution in [0.3, 0.4) is 0 Å². The molecule has 1 aromatic carbocycles. The van der Waals surface area contributed by atoms with Crippen molar-refractivity contribution in [3.05, 3.63) is 42.0 Å². The van der Waals surface area contributed by atoms with Gasteiger partial charge in [-0.2, -0.15) is 0 Å². The average Bonchev–Trinajstić information content (AvgIpc) is 2.37. The molecule has 0 saturated carbocycles. The maximum absolute atomic E-state index is 2.37. The molecule has 0 aliphatic rings. The first-order valence-corrected chi connectivity index (χ1v) is 9.08. The smallest absolute Gasteiger partial charge is 0.0862 e. The topological polar surface area (TPSA) is 0 Å². The number of hydrogen-bond acceptors (Lipinski definition) is 0. The first-order chi connectivity index (χ1) is 7.74. The lowest BCUT2D eigenvalue weighted by atomic mass is 10.2. The van der Waals surface area contributed by atoms with Gasteiger partial charge in [-0.1, -0.05) is 80.5 Å². The van der Waals surface area contributed by atoms with Crippen molar-refractivity contribution in [3.8, 4) is 0 Å². The predicted molar refractivity (Wildman–Crippen MR) is 77.3 cm³/mol. The van der Waals surface area contributed by atoms with Gasteiger partial charge in [0.25, 0.3) is 0 Å². The standard InChI is InChI=1S/C15H24Si/c1-5-15(14-12-10-9-11-13-14)16(6-2,7-3)8-4/h5,9-13H,6-8H2,1-4H3. The van der Waals surface area contributed by atoms with Gasteiger partial charge in [0.15, 0.2) is 0 Å². The summed E-state index contributed by atoms with van der Waals surface area (Å²) in [7, 11) is -1.23. The Kier molecular flexibility index (Phi) is 5.00. The quantitative estimate of drug-likeness (QED) is 0.617. The maximum atomic E-state index is 2.37. The van der Waals surface area contributed by atoms with Crippen molar-refractivity contribution >= 4 is 13.3 Å². The van der Waals surface area contributed by atoms with Crippen LogP contribution < -0.4 is 0 Å². The second kappa shape index (κ2) is 6.05. The van der Waals surface area contributed by atoms with E-state index in [1.54, 1.807) is 5.20 Å². The molecule has 0 aliphatic carbocycles. The van der Waals surface area contributed by atoms with Crippen molar-refractivity contribution in [1.82, 2.24) is 0 Å². The number of rotatable bonds is 5. The molecule has 0 aliphatic heterocycles. The molecule has 0 spiro atoms. The van der Waals surface area contributed by atoms with Crippen LogP contribution in [0.2, 0.25) is 18.1 Å². The van der Waals surface area contributed by atoms with Crippen LogP contribution in [0.15, 0.2) is 36.4 Å². The maximum Gasteiger partial charge on any atom is 0.0862 e. The third-order valence-electron chi connectivity index (χ3n) is 3.98. The van der Waals surface area contributed by atoms with Gasteiger partial charge in [-0.3, -0.25) is 0 Å². The summed E-state index contributed by atoms with van der Waals surface area (Å²) in [4.78, 5) is 0. The highest BCUT2D eigenvalue weighted by Crippen LogP contribution is 2.35. The summed E-state index contributed by atoms with van der Waals surface area (Å²) in [6.07, 6.45) is 2.36. The minimum Gasteiger partial charge on any atom is -0.0878 e. The second-order valence-electron chi connectivity index (χ2n) is 4.41. The summed E-state index contributed by atoms with van der Waals surface area (Å²) in [6, 6.07) is 15.0. The zero-order valence-corrected chi connectivity index (χ0v) is 12.1. The molecule has 0 atom stereocenters. The van der Waals surface area contributed by atoms with E-state index in [1.165, 1.54) is 23.7 Å². The molecule has 0 radical (unpaired) electrons. The number of hydrogen-bond donors (Lipinski definition) is 0. The Morgan fingerprint density at radius 3 is 1.88 bits per heavy atom. The lowest BCUT2D eigenvalue weighted by Gasteiger charge is -2.31. The van der Waals surface area contributed by atoms with Crippen molar-refractivity contribution in [2.24, 2.45) is 0 Å². The zero-order valence-electron chi connectivity index (χ0n) is 11.1. The summed E-state index contributed by atoms with van der Waals surface area (Å²) < 4.78 is 0. The van der Waals surface area contributed by atoms with Gasteiger partial charge in [-0.25, -0.2) is 0 Å². The lowest BCUT2D eigenvalue weighted by molar-refractivity contribution is 1.20. The first-order valence-electron chi connectivity index (χ1n) is 6.46. The van der Waals surface area contributed by atoms with Crippen LogP contribution in [0.25, 0.3) is 5.20 Å². The molecule has 1 aromatic rings. The minimum absolute atomic E-state index is 1.23. The summed E-state index contributed by atoms with van der Waals surface area (Å²) in [5, 5.41) is 1.65. The van der Waals surface area contributed by atoms with Crippen LogP contribution in [0.1, 0.15) is 33.3 Å². The Balaban J connectivity index is 3.17. The van der Waals surface area contributed by atoms with Gasteiger partial charge < -0.3 is 0 Å². The van der Waals surface area contributed by atoms with Crippen LogP contribution in [0.5, 0.6) is 0 Å². The number of allylic oxidation sites excluding steroid dienone is 1. The van der Waals surface area contributed by atoms with Gasteiger partial charge in [0.05, 0.1) is 8.07 Å². The van der Waals surface area contributed by atoms with Gasteiger partial charge in [0.1, 0.15) is 0 Å². The molecule has 1 rings (SSSR count). The summed E-state index contributed by atoms with van der Waals surface area (Å²) in [5.74, 6) is 0. The van der Waals surface area contributed by atoms with E-state index in [0.717, 1.165) is 0 Å². The fourth-order valence-corrected chi connectivity index (χ4v) is 6.75. The molecule has 0 fully saturated rings. The largest absolute Gasteiger partial charge is 0.0878 e. The Morgan fingerprint density at radius 1 is 1.00 bits per heavy atom. The molecule has 0 heterocycles. The molecule has 0 unspecified atom stereocenters. The lowest BCUT2D eigenvalue weighted by Crippen LogP contribution is -2.33. The Bertz CT molecular complexity index is 325. The molecule has 1 heteroatoms. The first kappa shape index (κ1) is 13.2. The van der Waals surface area contributed by atoms with Crippen LogP contribution in [0, 0.1) is 0 Å². The van der Waals surface area contributed by atoms with Crippen LogP contribution in [0.4, 0.5) is 0 Å². The predicted octanol–water partition coefficient (Wildman–Crippen LogP) is 5.14. The van der Waals surface area contributed by atoms with E-state index in [-0.39, 0.29) is 0 Å². The number of benzene rings is 1. The van der Waals surface area contributed by atoms with Gasteiger partial charge >= 0.3 is 0 Å². The van der Waals surface area contributed by atoms with Crippen LogP contribution in [-0.2, 0) is 0 Å². The highest BCUT2D eigenvalue weighted by Gasteiger charge is 2.31. The van der Waals surface area contributed by atoms with Crippen molar-refractivity contribution < 1.29 is 0 Å². The van der Waals surface area contributed by atoms with Crippen molar-refractivity contribution in [3.63, 3.8) is 0 Å². The van der Waals surface area contributed by atoms with E-state index in [0.29, 0.717) is 0 Å². The molecule has 0 N–H and O–H groups in total. The Morgan fingerprint density at radius 2 is 1.50 bits per heavy atom. The van der Waals surface area contributed by atoms with Gasteiger partial charge in [-0.05, 0) is 12.5 Å². The van der Waals surface area contributed by atoms with Gasteiger partial charge in [0.2, 0.25) is 0 Å². The van der Waals surface area contributed by atoms with Crippen molar-refractivity contribution in [1.29, 1.82) is 0 Å². The molecule has 16 heavy (non-hydrogen) atoms. The monoisotopic (exact) mass is 232 g/mol. The van der Waals surface area contributed by atoms with E-state index < -0.39 is 8.07 Å². The molecule has 0 aromatic heterocycles. The minimum atomic E-state index is -1.23. The molecular formula is C15H24Si. The van der Waals surface area contributed by atoms with E-state index in [2.05, 4.69) is 64.1 Å². The third kappa shape index (κ3) is 2.46. The molecule has 0 amide bonds. The Hall–Kier alpha value is -0.823. The van der Waals surface area contributed by atoms with Gasteiger partial charge in [0, 0.05) is 0 Å². The molecular weight excluding hydrogens is 208 g/mol. The SMILES string of the molecule is CC=C(c1ccccc1)[Si](CC)(CC)CC. The van der Waals surface area contributed by atoms with Gasteiger partial charge in [-0.15, -0.1) is 0 Å². The van der Waals surface area contributed by atoms with E-state index in [9.17, 15) is 0 Å². The van der Waals surface area contributed by atoms with E-state index >= 15 is 0 Å². The average molecular weight is 232 g/mol. The van der Waals surface area contributed by atoms with Crippen LogP contribution >= 0.6 is 0 Å². The molecule has 88 valence electrons.